The number of rotatable bonds is 12. The number of aliphatic hydroxyl groups excluding tert-OH is 1. The molecule has 2 amide bonds. The van der Waals surface area contributed by atoms with Crippen molar-refractivity contribution < 1.29 is 24.0 Å². The van der Waals surface area contributed by atoms with E-state index < -0.39 is 0 Å². The largest absolute Gasteiger partial charge is 0.484 e. The Morgan fingerprint density at radius 1 is 0.957 bits per heavy atom. The van der Waals surface area contributed by atoms with Crippen molar-refractivity contribution in [3.63, 3.8) is 0 Å². The van der Waals surface area contributed by atoms with E-state index in [4.69, 9.17) is 4.74 Å². The van der Waals surface area contributed by atoms with Crippen LogP contribution in [0.2, 0.25) is 0 Å². The number of carbonyl (C=O) groups is 2. The van der Waals surface area contributed by atoms with E-state index >= 15 is 0 Å². The summed E-state index contributed by atoms with van der Waals surface area (Å²) in [5, 5.41) is 17.5. The highest BCUT2D eigenvalue weighted by molar-refractivity contribution is 5.79. The minimum absolute atomic E-state index is 0.00767. The zero-order chi connectivity index (χ0) is 33.2. The van der Waals surface area contributed by atoms with E-state index in [-0.39, 0.29) is 24.5 Å². The van der Waals surface area contributed by atoms with Crippen molar-refractivity contribution >= 4 is 22.7 Å². The first-order chi connectivity index (χ1) is 22.6. The first-order valence-electron chi connectivity index (χ1n) is 18.8. The molecule has 0 radical (unpaired) electrons. The second-order valence-corrected chi connectivity index (χ2v) is 16.4. The standard InChI is InChI=1S/C40H59N3O4/c1-27(33-13-14-34-32-12-10-29-25-30(44)17-19-39(29,2)35(32)18-20-40(33,34)3)9-16-37(45)41-21-5-6-22-42-38(46)26-47-31-11-15-36-28(24-31)8-7-23-43(36)4/h7-8,11,15,23-24,27,29-30,32-35,44H,5-6,9-10,12-14,16-22,25-26H2,1-4H3,(H-,41,42,45,46)/p+1/t27-,29-,30-,32+,33-,34+,35+,39+,40-/m1/s1. The number of aromatic nitrogens is 1. The average Bonchev–Trinajstić information content (AvgIpc) is 3.42. The van der Waals surface area contributed by atoms with Crippen molar-refractivity contribution in [1.82, 2.24) is 10.6 Å². The normalized spacial score (nSPS) is 33.7. The van der Waals surface area contributed by atoms with Crippen LogP contribution >= 0.6 is 0 Å². The summed E-state index contributed by atoms with van der Waals surface area (Å²) in [6.07, 6.45) is 16.5. The van der Waals surface area contributed by atoms with Crippen LogP contribution in [0.5, 0.6) is 5.75 Å². The summed E-state index contributed by atoms with van der Waals surface area (Å²) >= 11 is 0. The van der Waals surface area contributed by atoms with Gasteiger partial charge >= 0.3 is 0 Å². The maximum absolute atomic E-state index is 12.7. The summed E-state index contributed by atoms with van der Waals surface area (Å²) < 4.78 is 7.76. The fourth-order valence-corrected chi connectivity index (χ4v) is 11.2. The van der Waals surface area contributed by atoms with E-state index in [9.17, 15) is 14.7 Å². The van der Waals surface area contributed by atoms with Crippen molar-refractivity contribution in [2.24, 2.45) is 53.4 Å². The van der Waals surface area contributed by atoms with Crippen LogP contribution in [0.15, 0.2) is 36.5 Å². The Morgan fingerprint density at radius 2 is 1.70 bits per heavy atom. The molecule has 0 spiro atoms. The van der Waals surface area contributed by atoms with E-state index in [1.54, 1.807) is 0 Å². The Kier molecular flexibility index (Phi) is 10.5. The minimum Gasteiger partial charge on any atom is -0.484 e. The third kappa shape index (κ3) is 7.21. The van der Waals surface area contributed by atoms with Crippen LogP contribution in [-0.2, 0) is 16.6 Å². The average molecular weight is 647 g/mol. The lowest BCUT2D eigenvalue weighted by Crippen LogP contribution is -2.54. The van der Waals surface area contributed by atoms with Gasteiger partial charge in [-0.2, -0.15) is 0 Å². The van der Waals surface area contributed by atoms with E-state index in [0.717, 1.165) is 72.6 Å². The molecular formula is C40H60N3O4+. The van der Waals surface area contributed by atoms with Crippen LogP contribution in [0, 0.1) is 46.3 Å². The summed E-state index contributed by atoms with van der Waals surface area (Å²) in [7, 11) is 2.01. The molecule has 4 fully saturated rings. The molecule has 0 unspecified atom stereocenters. The molecule has 7 heteroatoms. The van der Waals surface area contributed by atoms with Crippen molar-refractivity contribution in [3.8, 4) is 5.75 Å². The van der Waals surface area contributed by atoms with Crippen LogP contribution in [0.25, 0.3) is 10.9 Å². The summed E-state index contributed by atoms with van der Waals surface area (Å²) in [6, 6.07) is 9.88. The van der Waals surface area contributed by atoms with Gasteiger partial charge in [0, 0.05) is 31.6 Å². The van der Waals surface area contributed by atoms with Crippen molar-refractivity contribution in [1.29, 1.82) is 0 Å². The molecule has 9 atom stereocenters. The van der Waals surface area contributed by atoms with Gasteiger partial charge in [-0.15, -0.1) is 0 Å². The monoisotopic (exact) mass is 646 g/mol. The fraction of sp³-hybridized carbons (Fsp3) is 0.725. The molecule has 1 heterocycles. The third-order valence-corrected chi connectivity index (χ3v) is 13.8. The maximum atomic E-state index is 12.7. The second-order valence-electron chi connectivity index (χ2n) is 16.4. The van der Waals surface area contributed by atoms with E-state index in [1.807, 2.05) is 43.6 Å². The number of pyridine rings is 1. The van der Waals surface area contributed by atoms with Crippen LogP contribution < -0.4 is 19.9 Å². The van der Waals surface area contributed by atoms with E-state index in [0.29, 0.717) is 42.0 Å². The zero-order valence-electron chi connectivity index (χ0n) is 29.4. The van der Waals surface area contributed by atoms with Crippen LogP contribution in [0.1, 0.15) is 104 Å². The lowest BCUT2D eigenvalue weighted by atomic mass is 9.44. The topological polar surface area (TPSA) is 91.5 Å². The Hall–Kier alpha value is -2.67. The molecule has 1 aromatic heterocycles. The number of nitrogens with zero attached hydrogens (tertiary/aromatic N) is 1. The summed E-state index contributed by atoms with van der Waals surface area (Å²) in [5.41, 5.74) is 1.96. The number of hydrogen-bond acceptors (Lipinski definition) is 4. The summed E-state index contributed by atoms with van der Waals surface area (Å²) in [5.74, 6) is 5.25. The molecule has 0 aliphatic heterocycles. The highest BCUT2D eigenvalue weighted by atomic mass is 16.5. The Bertz CT molecular complexity index is 1410. The maximum Gasteiger partial charge on any atom is 0.257 e. The molecule has 7 nitrogen and oxygen atoms in total. The van der Waals surface area contributed by atoms with Gasteiger partial charge in [0.05, 0.1) is 11.5 Å². The lowest BCUT2D eigenvalue weighted by molar-refractivity contribution is -0.644. The van der Waals surface area contributed by atoms with E-state index in [2.05, 4.69) is 36.0 Å². The van der Waals surface area contributed by atoms with Crippen molar-refractivity contribution in [2.45, 2.75) is 110 Å². The predicted molar refractivity (Wildman–Crippen MR) is 185 cm³/mol. The van der Waals surface area contributed by atoms with Gasteiger partial charge in [-0.05, 0) is 142 Å². The Labute approximate surface area is 282 Å². The SMILES string of the molecule is C[C@H](CCC(=O)NCCCCNC(=O)COc1ccc2c(ccc[n+]2C)c1)[C@H]1CC[C@H]2[C@@H]3CC[C@@H]4C[C@H](O)CC[C@]4(C)[C@H]3CC[C@]12C. The second kappa shape index (κ2) is 14.4. The van der Waals surface area contributed by atoms with Gasteiger partial charge in [0.1, 0.15) is 12.8 Å². The number of aliphatic hydroxyl groups is 1. The van der Waals surface area contributed by atoms with Gasteiger partial charge in [0.25, 0.3) is 5.91 Å². The fourth-order valence-electron chi connectivity index (χ4n) is 11.2. The van der Waals surface area contributed by atoms with Gasteiger partial charge < -0.3 is 20.5 Å². The van der Waals surface area contributed by atoms with Gasteiger partial charge in [0.2, 0.25) is 11.4 Å². The number of nitrogens with one attached hydrogen (secondary N) is 2. The van der Waals surface area contributed by atoms with Crippen LogP contribution in [0.3, 0.4) is 0 Å². The molecule has 47 heavy (non-hydrogen) atoms. The molecule has 0 bridgehead atoms. The number of ether oxygens (including phenoxy) is 1. The third-order valence-electron chi connectivity index (χ3n) is 13.8. The number of hydrogen-bond donors (Lipinski definition) is 3. The van der Waals surface area contributed by atoms with Gasteiger partial charge in [-0.25, -0.2) is 4.57 Å². The molecule has 2 aromatic rings. The number of fused-ring (bicyclic) bond motifs is 6. The molecule has 0 saturated heterocycles. The molecule has 4 saturated carbocycles. The number of aryl methyl sites for hydroxylation is 1. The molecule has 258 valence electrons. The Morgan fingerprint density at radius 3 is 2.51 bits per heavy atom. The highest BCUT2D eigenvalue weighted by Crippen LogP contribution is 2.68. The van der Waals surface area contributed by atoms with Gasteiger partial charge in [-0.3, -0.25) is 9.59 Å². The lowest BCUT2D eigenvalue weighted by Gasteiger charge is -2.61. The first-order valence-corrected chi connectivity index (χ1v) is 18.8. The number of carbonyl (C=O) groups excluding carboxylic acids is 2. The quantitative estimate of drug-likeness (QED) is 0.182. The van der Waals surface area contributed by atoms with Crippen molar-refractivity contribution in [2.75, 3.05) is 19.7 Å². The zero-order valence-corrected chi connectivity index (χ0v) is 29.4. The smallest absolute Gasteiger partial charge is 0.257 e. The van der Waals surface area contributed by atoms with Crippen LogP contribution in [-0.4, -0.2) is 42.7 Å². The number of amides is 2. The highest BCUT2D eigenvalue weighted by Gasteiger charge is 2.60. The first kappa shape index (κ1) is 34.2. The minimum atomic E-state index is -0.131. The van der Waals surface area contributed by atoms with E-state index in [1.165, 1.54) is 44.9 Å². The van der Waals surface area contributed by atoms with Crippen LogP contribution in [0.4, 0.5) is 0 Å². The number of unbranched alkanes of at least 4 members (excludes halogenated alkanes) is 1. The summed E-state index contributed by atoms with van der Waals surface area (Å²) in [6.45, 7) is 8.81. The molecule has 6 rings (SSSR count). The van der Waals surface area contributed by atoms with Crippen molar-refractivity contribution in [3.05, 3.63) is 36.5 Å². The molecule has 4 aliphatic carbocycles. The number of benzene rings is 1. The van der Waals surface area contributed by atoms with Gasteiger partial charge in [0.15, 0.2) is 12.8 Å². The summed E-state index contributed by atoms with van der Waals surface area (Å²) in [4.78, 5) is 25.0. The molecule has 4 aliphatic rings. The Balaban J connectivity index is 0.861. The predicted octanol–water partition coefficient (Wildman–Crippen LogP) is 6.49. The molecular weight excluding hydrogens is 586 g/mol. The van der Waals surface area contributed by atoms with Gasteiger partial charge in [-0.1, -0.05) is 20.8 Å². The molecule has 3 N–H and O–H groups in total. The molecule has 1 aromatic carbocycles.